The molecule has 0 amide bonds. The van der Waals surface area contributed by atoms with Crippen LogP contribution >= 0.6 is 0 Å². The van der Waals surface area contributed by atoms with E-state index in [1.807, 2.05) is 0 Å². The summed E-state index contributed by atoms with van der Waals surface area (Å²) in [6.07, 6.45) is 8.14. The van der Waals surface area contributed by atoms with E-state index in [4.69, 9.17) is 4.74 Å². The number of hydrogen-bond donors (Lipinski definition) is 1. The third-order valence-electron chi connectivity index (χ3n) is 3.57. The first-order chi connectivity index (χ1) is 6.29. The molecule has 0 aromatic carbocycles. The van der Waals surface area contributed by atoms with Crippen molar-refractivity contribution in [1.82, 2.24) is 0 Å². The lowest BCUT2D eigenvalue weighted by molar-refractivity contribution is -0.0758. The van der Waals surface area contributed by atoms with Crippen LogP contribution in [0.2, 0.25) is 0 Å². The highest BCUT2D eigenvalue weighted by atomic mass is 16.5. The lowest BCUT2D eigenvalue weighted by atomic mass is 9.84. The van der Waals surface area contributed by atoms with E-state index in [2.05, 4.69) is 0 Å². The molecule has 0 aromatic heterocycles. The molecule has 2 aliphatic rings. The maximum absolute atomic E-state index is 10.3. The number of ether oxygens (including phenoxy) is 1. The van der Waals surface area contributed by atoms with Gasteiger partial charge < -0.3 is 9.84 Å². The SMILES string of the molecule is OC1(CC2CCCC2)CCOCC1. The topological polar surface area (TPSA) is 29.5 Å². The summed E-state index contributed by atoms with van der Waals surface area (Å²) >= 11 is 0. The normalized spacial score (nSPS) is 29.3. The van der Waals surface area contributed by atoms with Gasteiger partial charge in [0.15, 0.2) is 0 Å². The summed E-state index contributed by atoms with van der Waals surface area (Å²) in [5.74, 6) is 0.795. The van der Waals surface area contributed by atoms with Crippen LogP contribution in [0.1, 0.15) is 44.9 Å². The first kappa shape index (κ1) is 9.47. The van der Waals surface area contributed by atoms with Crippen molar-refractivity contribution in [2.75, 3.05) is 13.2 Å². The molecule has 0 spiro atoms. The summed E-state index contributed by atoms with van der Waals surface area (Å²) in [7, 11) is 0. The fourth-order valence-corrected chi connectivity index (χ4v) is 2.71. The summed E-state index contributed by atoms with van der Waals surface area (Å²) < 4.78 is 5.27. The molecule has 1 aliphatic heterocycles. The van der Waals surface area contributed by atoms with Gasteiger partial charge in [-0.2, -0.15) is 0 Å². The lowest BCUT2D eigenvalue weighted by Gasteiger charge is -2.34. The van der Waals surface area contributed by atoms with Crippen molar-refractivity contribution in [1.29, 1.82) is 0 Å². The minimum absolute atomic E-state index is 0.382. The Labute approximate surface area is 80.3 Å². The molecular formula is C11H20O2. The molecule has 0 aromatic rings. The van der Waals surface area contributed by atoms with E-state index in [0.717, 1.165) is 38.4 Å². The fourth-order valence-electron chi connectivity index (χ4n) is 2.71. The lowest BCUT2D eigenvalue weighted by Crippen LogP contribution is -2.37. The van der Waals surface area contributed by atoms with Crippen LogP contribution in [0, 0.1) is 5.92 Å². The van der Waals surface area contributed by atoms with Gasteiger partial charge in [0.25, 0.3) is 0 Å². The van der Waals surface area contributed by atoms with Crippen LogP contribution in [-0.2, 0) is 4.74 Å². The third kappa shape index (κ3) is 2.44. The second kappa shape index (κ2) is 3.97. The number of rotatable bonds is 2. The zero-order valence-electron chi connectivity index (χ0n) is 8.30. The smallest absolute Gasteiger partial charge is 0.0694 e. The van der Waals surface area contributed by atoms with Crippen molar-refractivity contribution in [3.05, 3.63) is 0 Å². The van der Waals surface area contributed by atoms with Crippen molar-refractivity contribution in [3.63, 3.8) is 0 Å². The van der Waals surface area contributed by atoms with Crippen molar-refractivity contribution >= 4 is 0 Å². The predicted molar refractivity (Wildman–Crippen MR) is 51.6 cm³/mol. The predicted octanol–water partition coefficient (Wildman–Crippen LogP) is 2.11. The summed E-state index contributed by atoms with van der Waals surface area (Å²) in [6, 6.07) is 0. The molecule has 2 heteroatoms. The molecular weight excluding hydrogens is 164 g/mol. The Bertz CT molecular complexity index is 155. The summed E-state index contributed by atoms with van der Waals surface area (Å²) in [5, 5.41) is 10.3. The van der Waals surface area contributed by atoms with Crippen LogP contribution in [0.4, 0.5) is 0 Å². The molecule has 2 fully saturated rings. The summed E-state index contributed by atoms with van der Waals surface area (Å²) in [5.41, 5.74) is -0.382. The van der Waals surface area contributed by atoms with Crippen LogP contribution in [0.3, 0.4) is 0 Å². The average Bonchev–Trinajstić information content (AvgIpc) is 2.57. The molecule has 0 unspecified atom stereocenters. The molecule has 0 radical (unpaired) electrons. The molecule has 1 saturated heterocycles. The highest BCUT2D eigenvalue weighted by molar-refractivity contribution is 4.85. The Kier molecular flexibility index (Phi) is 2.89. The Morgan fingerprint density at radius 2 is 1.77 bits per heavy atom. The monoisotopic (exact) mass is 184 g/mol. The van der Waals surface area contributed by atoms with Gasteiger partial charge in [0.05, 0.1) is 5.60 Å². The highest BCUT2D eigenvalue weighted by Crippen LogP contribution is 2.35. The molecule has 1 saturated carbocycles. The minimum atomic E-state index is -0.382. The minimum Gasteiger partial charge on any atom is -0.390 e. The second-order valence-electron chi connectivity index (χ2n) is 4.69. The van der Waals surface area contributed by atoms with Gasteiger partial charge in [-0.1, -0.05) is 25.7 Å². The van der Waals surface area contributed by atoms with E-state index in [1.54, 1.807) is 0 Å². The molecule has 1 aliphatic carbocycles. The maximum Gasteiger partial charge on any atom is 0.0694 e. The highest BCUT2D eigenvalue weighted by Gasteiger charge is 2.33. The Morgan fingerprint density at radius 1 is 1.15 bits per heavy atom. The number of aliphatic hydroxyl groups is 1. The van der Waals surface area contributed by atoms with Gasteiger partial charge >= 0.3 is 0 Å². The van der Waals surface area contributed by atoms with Crippen molar-refractivity contribution in [2.45, 2.75) is 50.5 Å². The molecule has 0 atom stereocenters. The largest absolute Gasteiger partial charge is 0.390 e. The van der Waals surface area contributed by atoms with Gasteiger partial charge in [-0.3, -0.25) is 0 Å². The van der Waals surface area contributed by atoms with Crippen LogP contribution in [0.15, 0.2) is 0 Å². The van der Waals surface area contributed by atoms with Crippen molar-refractivity contribution in [3.8, 4) is 0 Å². The molecule has 76 valence electrons. The van der Waals surface area contributed by atoms with Crippen molar-refractivity contribution in [2.24, 2.45) is 5.92 Å². The quantitative estimate of drug-likeness (QED) is 0.712. The van der Waals surface area contributed by atoms with Gasteiger partial charge in [0, 0.05) is 13.2 Å². The van der Waals surface area contributed by atoms with E-state index in [-0.39, 0.29) is 5.60 Å². The number of hydrogen-bond acceptors (Lipinski definition) is 2. The zero-order valence-corrected chi connectivity index (χ0v) is 8.30. The van der Waals surface area contributed by atoms with Crippen LogP contribution in [0.5, 0.6) is 0 Å². The zero-order chi connectivity index (χ0) is 9.15. The first-order valence-corrected chi connectivity index (χ1v) is 5.59. The summed E-state index contributed by atoms with van der Waals surface area (Å²) in [6.45, 7) is 1.51. The average molecular weight is 184 g/mol. The Balaban J connectivity index is 1.83. The summed E-state index contributed by atoms with van der Waals surface area (Å²) in [4.78, 5) is 0. The molecule has 2 rings (SSSR count). The van der Waals surface area contributed by atoms with Crippen molar-refractivity contribution < 1.29 is 9.84 Å². The van der Waals surface area contributed by atoms with Crippen LogP contribution in [0.25, 0.3) is 0 Å². The van der Waals surface area contributed by atoms with E-state index < -0.39 is 0 Å². The standard InChI is InChI=1S/C11H20O2/c12-11(5-7-13-8-6-11)9-10-3-1-2-4-10/h10,12H,1-9H2. The van der Waals surface area contributed by atoms with Gasteiger partial charge in [-0.05, 0) is 25.2 Å². The molecule has 1 heterocycles. The molecule has 1 N–H and O–H groups in total. The van der Waals surface area contributed by atoms with E-state index in [1.165, 1.54) is 25.7 Å². The van der Waals surface area contributed by atoms with Crippen LogP contribution < -0.4 is 0 Å². The Morgan fingerprint density at radius 3 is 2.38 bits per heavy atom. The first-order valence-electron chi connectivity index (χ1n) is 5.59. The van der Waals surface area contributed by atoms with Crippen LogP contribution in [-0.4, -0.2) is 23.9 Å². The van der Waals surface area contributed by atoms with Gasteiger partial charge in [0.2, 0.25) is 0 Å². The molecule has 0 bridgehead atoms. The van der Waals surface area contributed by atoms with Gasteiger partial charge in [-0.25, -0.2) is 0 Å². The van der Waals surface area contributed by atoms with E-state index in [9.17, 15) is 5.11 Å². The van der Waals surface area contributed by atoms with E-state index >= 15 is 0 Å². The molecule has 13 heavy (non-hydrogen) atoms. The fraction of sp³-hybridized carbons (Fsp3) is 1.00. The molecule has 2 nitrogen and oxygen atoms in total. The van der Waals surface area contributed by atoms with E-state index in [0.29, 0.717) is 0 Å². The Hall–Kier alpha value is -0.0800. The maximum atomic E-state index is 10.3. The van der Waals surface area contributed by atoms with Gasteiger partial charge in [-0.15, -0.1) is 0 Å². The van der Waals surface area contributed by atoms with Gasteiger partial charge in [0.1, 0.15) is 0 Å². The third-order valence-corrected chi connectivity index (χ3v) is 3.57. The second-order valence-corrected chi connectivity index (χ2v) is 4.69.